The van der Waals surface area contributed by atoms with Crippen molar-refractivity contribution in [3.8, 4) is 0 Å². The molecule has 3 rings (SSSR count). The summed E-state index contributed by atoms with van der Waals surface area (Å²) in [5.41, 5.74) is 0.417. The Balaban J connectivity index is 1.63. The first kappa shape index (κ1) is 15.3. The standard InChI is InChI=1S/C18H23ClF2/c19-16(11-15-6-3-7-17(20)18(15)21)14-9-8-12-4-1-2-5-13(12)10-14/h3,6-7,12-14,16H,1-2,4-5,8-11H2. The van der Waals surface area contributed by atoms with Gasteiger partial charge in [0.15, 0.2) is 11.6 Å². The van der Waals surface area contributed by atoms with E-state index >= 15 is 0 Å². The second kappa shape index (κ2) is 6.64. The lowest BCUT2D eigenvalue weighted by Crippen LogP contribution is -2.32. The summed E-state index contributed by atoms with van der Waals surface area (Å²) in [6, 6.07) is 4.38. The van der Waals surface area contributed by atoms with Crippen LogP contribution in [0, 0.1) is 29.4 Å². The van der Waals surface area contributed by atoms with Gasteiger partial charge in [-0.3, -0.25) is 0 Å². The van der Waals surface area contributed by atoms with Crippen LogP contribution >= 0.6 is 11.6 Å². The average Bonchev–Trinajstić information content (AvgIpc) is 2.51. The molecule has 1 aromatic carbocycles. The first-order valence-corrected chi connectivity index (χ1v) is 8.65. The van der Waals surface area contributed by atoms with Crippen molar-refractivity contribution in [1.29, 1.82) is 0 Å². The van der Waals surface area contributed by atoms with E-state index in [1.54, 1.807) is 12.1 Å². The number of hydrogen-bond donors (Lipinski definition) is 0. The number of alkyl halides is 1. The van der Waals surface area contributed by atoms with Gasteiger partial charge in [0.05, 0.1) is 0 Å². The highest BCUT2D eigenvalue weighted by Crippen LogP contribution is 2.44. The van der Waals surface area contributed by atoms with Gasteiger partial charge < -0.3 is 0 Å². The molecule has 4 atom stereocenters. The van der Waals surface area contributed by atoms with Gasteiger partial charge >= 0.3 is 0 Å². The van der Waals surface area contributed by atoms with E-state index in [-0.39, 0.29) is 5.38 Å². The van der Waals surface area contributed by atoms with Gasteiger partial charge in [-0.05, 0) is 55.1 Å². The Labute approximate surface area is 130 Å². The third kappa shape index (κ3) is 3.41. The Kier molecular flexibility index (Phi) is 4.83. The van der Waals surface area contributed by atoms with Crippen LogP contribution in [-0.2, 0) is 6.42 Å². The molecular formula is C18H23ClF2. The SMILES string of the molecule is Fc1cccc(CC(Cl)C2CCC3CCCCC3C2)c1F. The van der Waals surface area contributed by atoms with E-state index in [1.807, 2.05) is 0 Å². The molecule has 3 heteroatoms. The van der Waals surface area contributed by atoms with Crippen LogP contribution in [0.4, 0.5) is 8.78 Å². The van der Waals surface area contributed by atoms with Crippen molar-refractivity contribution < 1.29 is 8.78 Å². The molecule has 2 fully saturated rings. The van der Waals surface area contributed by atoms with Crippen LogP contribution in [-0.4, -0.2) is 5.38 Å². The fraction of sp³-hybridized carbons (Fsp3) is 0.667. The quantitative estimate of drug-likeness (QED) is 0.626. The minimum Gasteiger partial charge on any atom is -0.204 e. The van der Waals surface area contributed by atoms with E-state index in [0.29, 0.717) is 17.9 Å². The lowest BCUT2D eigenvalue weighted by molar-refractivity contribution is 0.127. The van der Waals surface area contributed by atoms with Crippen LogP contribution < -0.4 is 0 Å². The molecule has 21 heavy (non-hydrogen) atoms. The Bertz CT molecular complexity index is 488. The van der Waals surface area contributed by atoms with Crippen LogP contribution in [0.15, 0.2) is 18.2 Å². The molecular weight excluding hydrogens is 290 g/mol. The molecule has 0 heterocycles. The van der Waals surface area contributed by atoms with Crippen LogP contribution in [0.1, 0.15) is 50.5 Å². The maximum Gasteiger partial charge on any atom is 0.162 e. The van der Waals surface area contributed by atoms with Crippen molar-refractivity contribution in [2.24, 2.45) is 17.8 Å². The van der Waals surface area contributed by atoms with Crippen molar-refractivity contribution in [3.63, 3.8) is 0 Å². The molecule has 0 saturated heterocycles. The van der Waals surface area contributed by atoms with Crippen LogP contribution in [0.3, 0.4) is 0 Å². The van der Waals surface area contributed by atoms with Gasteiger partial charge in [0.2, 0.25) is 0 Å². The zero-order valence-electron chi connectivity index (χ0n) is 12.3. The number of fused-ring (bicyclic) bond motifs is 1. The minimum atomic E-state index is -0.771. The molecule has 0 bridgehead atoms. The van der Waals surface area contributed by atoms with E-state index in [0.717, 1.165) is 24.3 Å². The van der Waals surface area contributed by atoms with Crippen molar-refractivity contribution >= 4 is 11.6 Å². The number of benzene rings is 1. The third-order valence-electron chi connectivity index (χ3n) is 5.54. The number of hydrogen-bond acceptors (Lipinski definition) is 0. The molecule has 0 spiro atoms. The summed E-state index contributed by atoms with van der Waals surface area (Å²) < 4.78 is 27.0. The lowest BCUT2D eigenvalue weighted by Gasteiger charge is -2.40. The van der Waals surface area contributed by atoms with Crippen molar-refractivity contribution in [1.82, 2.24) is 0 Å². The zero-order valence-corrected chi connectivity index (χ0v) is 13.1. The normalized spacial score (nSPS) is 30.7. The second-order valence-electron chi connectivity index (χ2n) is 6.81. The fourth-order valence-corrected chi connectivity index (χ4v) is 4.72. The van der Waals surface area contributed by atoms with E-state index in [4.69, 9.17) is 11.6 Å². The van der Waals surface area contributed by atoms with E-state index in [1.165, 1.54) is 38.5 Å². The summed E-state index contributed by atoms with van der Waals surface area (Å²) in [4.78, 5) is 0. The molecule has 0 nitrogen and oxygen atoms in total. The van der Waals surface area contributed by atoms with Gasteiger partial charge in [-0.1, -0.05) is 37.8 Å². The first-order valence-electron chi connectivity index (χ1n) is 8.22. The van der Waals surface area contributed by atoms with E-state index in [9.17, 15) is 8.78 Å². The Morgan fingerprint density at radius 2 is 1.81 bits per heavy atom. The van der Waals surface area contributed by atoms with Crippen LogP contribution in [0.25, 0.3) is 0 Å². The maximum absolute atomic E-state index is 13.8. The fourth-order valence-electron chi connectivity index (χ4n) is 4.32. The van der Waals surface area contributed by atoms with Crippen molar-refractivity contribution in [2.45, 2.75) is 56.7 Å². The van der Waals surface area contributed by atoms with Gasteiger partial charge in [0.1, 0.15) is 0 Å². The molecule has 2 saturated carbocycles. The molecule has 4 unspecified atom stereocenters. The summed E-state index contributed by atoms with van der Waals surface area (Å²) in [5, 5.41) is -0.0795. The minimum absolute atomic E-state index is 0.0795. The highest BCUT2D eigenvalue weighted by molar-refractivity contribution is 6.20. The molecule has 0 N–H and O–H groups in total. The number of rotatable bonds is 3. The Morgan fingerprint density at radius 3 is 2.62 bits per heavy atom. The molecule has 2 aliphatic carbocycles. The highest BCUT2D eigenvalue weighted by Gasteiger charge is 2.35. The summed E-state index contributed by atoms with van der Waals surface area (Å²) in [6.07, 6.45) is 9.46. The molecule has 0 amide bonds. The van der Waals surface area contributed by atoms with Gasteiger partial charge in [0, 0.05) is 5.38 Å². The Morgan fingerprint density at radius 1 is 1.05 bits per heavy atom. The van der Waals surface area contributed by atoms with Crippen molar-refractivity contribution in [2.75, 3.05) is 0 Å². The summed E-state index contributed by atoms with van der Waals surface area (Å²) in [7, 11) is 0. The monoisotopic (exact) mass is 312 g/mol. The Hall–Kier alpha value is -0.630. The lowest BCUT2D eigenvalue weighted by atomic mass is 9.66. The highest BCUT2D eigenvalue weighted by atomic mass is 35.5. The topological polar surface area (TPSA) is 0 Å². The largest absolute Gasteiger partial charge is 0.204 e. The molecule has 0 aromatic heterocycles. The predicted octanol–water partition coefficient (Wildman–Crippen LogP) is 5.72. The second-order valence-corrected chi connectivity index (χ2v) is 7.37. The average molecular weight is 313 g/mol. The van der Waals surface area contributed by atoms with E-state index < -0.39 is 11.6 Å². The van der Waals surface area contributed by atoms with Crippen molar-refractivity contribution in [3.05, 3.63) is 35.4 Å². The molecule has 0 aliphatic heterocycles. The smallest absolute Gasteiger partial charge is 0.162 e. The van der Waals surface area contributed by atoms with Crippen LogP contribution in [0.2, 0.25) is 0 Å². The van der Waals surface area contributed by atoms with Gasteiger partial charge in [-0.2, -0.15) is 0 Å². The summed E-state index contributed by atoms with van der Waals surface area (Å²) >= 11 is 6.56. The molecule has 2 aliphatic rings. The van der Waals surface area contributed by atoms with Gasteiger partial charge in [0.25, 0.3) is 0 Å². The molecule has 0 radical (unpaired) electrons. The van der Waals surface area contributed by atoms with Gasteiger partial charge in [-0.15, -0.1) is 11.6 Å². The maximum atomic E-state index is 13.8. The molecule has 1 aromatic rings. The summed E-state index contributed by atoms with van der Waals surface area (Å²) in [5.74, 6) is 0.663. The predicted molar refractivity (Wildman–Crippen MR) is 82.5 cm³/mol. The zero-order chi connectivity index (χ0) is 14.8. The van der Waals surface area contributed by atoms with Gasteiger partial charge in [-0.25, -0.2) is 8.78 Å². The number of halogens is 3. The van der Waals surface area contributed by atoms with Crippen LogP contribution in [0.5, 0.6) is 0 Å². The first-order chi connectivity index (χ1) is 10.1. The third-order valence-corrected chi connectivity index (χ3v) is 6.05. The van der Waals surface area contributed by atoms with E-state index in [2.05, 4.69) is 0 Å². The molecule has 116 valence electrons. The summed E-state index contributed by atoms with van der Waals surface area (Å²) in [6.45, 7) is 0.